The molecule has 0 aliphatic carbocycles. The first-order valence-corrected chi connectivity index (χ1v) is 37.6. The first-order valence-electron chi connectivity index (χ1n) is 14.5. The van der Waals surface area contributed by atoms with Crippen molar-refractivity contribution in [3.8, 4) is 0 Å². The number of halogens is 4. The van der Waals surface area contributed by atoms with Crippen LogP contribution in [-0.4, -0.2) is 111 Å². The molecule has 0 aromatic heterocycles. The van der Waals surface area contributed by atoms with E-state index in [2.05, 4.69) is 52.4 Å². The summed E-state index contributed by atoms with van der Waals surface area (Å²) in [5, 5.41) is 0. The maximum absolute atomic E-state index is 6.49. The van der Waals surface area contributed by atoms with Crippen LogP contribution in [0.25, 0.3) is 0 Å². The van der Waals surface area contributed by atoms with Crippen molar-refractivity contribution in [1.82, 2.24) is 0 Å². The monoisotopic (exact) mass is 816 g/mol. The van der Waals surface area contributed by atoms with Crippen LogP contribution >= 0.6 is 91.4 Å². The van der Waals surface area contributed by atoms with Gasteiger partial charge in [-0.2, -0.15) is 91.4 Å². The van der Waals surface area contributed by atoms with E-state index >= 15 is 0 Å². The minimum absolute atomic E-state index is 0.540. The van der Waals surface area contributed by atoms with Crippen molar-refractivity contribution in [2.75, 3.05) is 72.5 Å². The van der Waals surface area contributed by atoms with Crippen LogP contribution in [0.5, 0.6) is 0 Å². The van der Waals surface area contributed by atoms with Crippen LogP contribution in [0, 0.1) is 0 Å². The molecule has 41 heavy (non-hydrogen) atoms. The second kappa shape index (κ2) is 23.8. The fraction of sp³-hybridized carbons (Fsp3) is 1.00. The van der Waals surface area contributed by atoms with Crippen molar-refractivity contribution in [2.24, 2.45) is 0 Å². The highest BCUT2D eigenvalue weighted by Gasteiger charge is 2.45. The number of rotatable bonds is 28. The van der Waals surface area contributed by atoms with Crippen molar-refractivity contribution >= 4 is 130 Å². The summed E-state index contributed by atoms with van der Waals surface area (Å²) in [6.07, 6.45) is 0. The van der Waals surface area contributed by atoms with Gasteiger partial charge in [0, 0.05) is 49.4 Å². The molecule has 0 spiro atoms. The van der Waals surface area contributed by atoms with Crippen LogP contribution in [0.3, 0.4) is 0 Å². The van der Waals surface area contributed by atoms with E-state index in [1.54, 1.807) is 0 Å². The van der Waals surface area contributed by atoms with Crippen molar-refractivity contribution in [2.45, 2.75) is 76.6 Å². The van der Waals surface area contributed by atoms with E-state index in [-0.39, 0.29) is 0 Å². The fourth-order valence-corrected chi connectivity index (χ4v) is 19.8. The summed E-state index contributed by atoms with van der Waals surface area (Å²) in [7, 11) is -9.53. The molecular formula is C24H56Cl4O4S4Si5. The summed E-state index contributed by atoms with van der Waals surface area (Å²) >= 11 is 33.5. The second-order valence-electron chi connectivity index (χ2n) is 12.2. The number of hydrogen-bond donors (Lipinski definition) is 0. The first-order chi connectivity index (χ1) is 18.8. The molecule has 17 heteroatoms. The van der Waals surface area contributed by atoms with Crippen molar-refractivity contribution in [1.29, 1.82) is 0 Å². The van der Waals surface area contributed by atoms with Gasteiger partial charge in [0.05, 0.1) is 0 Å². The largest absolute Gasteiger partial charge is 0.679 e. The molecule has 0 heterocycles. The van der Waals surface area contributed by atoms with Crippen LogP contribution < -0.4 is 0 Å². The molecule has 0 bridgehead atoms. The minimum Gasteiger partial charge on any atom is -0.350 e. The van der Waals surface area contributed by atoms with E-state index in [4.69, 9.17) is 62.0 Å². The number of thioether (sulfide) groups is 4. The van der Waals surface area contributed by atoms with Gasteiger partial charge in [-0.15, -0.1) is 0 Å². The molecule has 0 radical (unpaired) electrons. The fourth-order valence-electron chi connectivity index (χ4n) is 2.82. The van der Waals surface area contributed by atoms with Crippen LogP contribution in [0.2, 0.25) is 76.6 Å². The summed E-state index contributed by atoms with van der Waals surface area (Å²) in [5.74, 6) is 7.66. The van der Waals surface area contributed by atoms with Gasteiger partial charge in [-0.3, -0.25) is 0 Å². The molecule has 0 aliphatic rings. The van der Waals surface area contributed by atoms with E-state index < -0.39 is 38.6 Å². The van der Waals surface area contributed by atoms with Crippen molar-refractivity contribution < 1.29 is 17.7 Å². The molecule has 248 valence electrons. The summed E-state index contributed by atoms with van der Waals surface area (Å²) in [4.78, 5) is 0. The Balaban J connectivity index is 5.09. The zero-order valence-electron chi connectivity index (χ0n) is 26.6. The molecular weight excluding hydrogens is 763 g/mol. The van der Waals surface area contributed by atoms with Gasteiger partial charge in [-0.25, -0.2) is 0 Å². The maximum Gasteiger partial charge on any atom is 0.679 e. The maximum atomic E-state index is 6.49. The Bertz CT molecular complexity index is 546. The Labute approximate surface area is 294 Å². The van der Waals surface area contributed by atoms with Crippen LogP contribution in [0.1, 0.15) is 0 Å². The van der Waals surface area contributed by atoms with Crippen molar-refractivity contribution in [3.05, 3.63) is 0 Å². The average molecular weight is 819 g/mol. The van der Waals surface area contributed by atoms with Gasteiger partial charge in [0.2, 0.25) is 0 Å². The zero-order valence-corrected chi connectivity index (χ0v) is 37.9. The third-order valence-electron chi connectivity index (χ3n) is 5.39. The van der Waals surface area contributed by atoms with Crippen LogP contribution in [0.4, 0.5) is 0 Å². The Morgan fingerprint density at radius 1 is 0.366 bits per heavy atom. The summed E-state index contributed by atoms with van der Waals surface area (Å²) in [6.45, 7) is 19.7. The quantitative estimate of drug-likeness (QED) is 0.0439. The summed E-state index contributed by atoms with van der Waals surface area (Å²) in [6, 6.07) is 4.34. The molecule has 0 saturated carbocycles. The molecule has 0 unspecified atom stereocenters. The molecule has 0 aromatic rings. The highest BCUT2D eigenvalue weighted by molar-refractivity contribution is 8.00. The van der Waals surface area contributed by atoms with Gasteiger partial charge in [-0.05, 0) is 47.2 Å². The highest BCUT2D eigenvalue weighted by atomic mass is 35.6. The Morgan fingerprint density at radius 2 is 0.561 bits per heavy atom. The predicted molar refractivity (Wildman–Crippen MR) is 211 cm³/mol. The molecule has 0 amide bonds. The zero-order chi connectivity index (χ0) is 31.5. The van der Waals surface area contributed by atoms with E-state index in [1.165, 1.54) is 0 Å². The lowest BCUT2D eigenvalue weighted by molar-refractivity contribution is -0.0225. The van der Waals surface area contributed by atoms with E-state index in [0.29, 0.717) is 26.4 Å². The Kier molecular flexibility index (Phi) is 25.8. The lowest BCUT2D eigenvalue weighted by atomic mass is 10.9. The van der Waals surface area contributed by atoms with Gasteiger partial charge >= 0.3 is 9.05 Å². The third-order valence-corrected chi connectivity index (χ3v) is 20.9. The molecule has 0 aliphatic heterocycles. The molecule has 0 atom stereocenters. The second-order valence-corrected chi connectivity index (χ2v) is 47.3. The van der Waals surface area contributed by atoms with Crippen LogP contribution in [-0.2, 0) is 17.7 Å². The van der Waals surface area contributed by atoms with Gasteiger partial charge in [-0.1, -0.05) is 52.4 Å². The first kappa shape index (κ1) is 44.5. The topological polar surface area (TPSA) is 36.9 Å². The molecule has 4 nitrogen and oxygen atoms in total. The molecule has 0 aromatic carbocycles. The van der Waals surface area contributed by atoms with Crippen molar-refractivity contribution in [3.63, 3.8) is 0 Å². The SMILES string of the molecule is C[Si](C)(Cl)CCSCCO[Si](OCCSCC[Si](C)(C)Cl)(OCCSCC[Si](C)(C)Cl)OCCSCC[Si](C)(C)Cl. The molecule has 0 fully saturated rings. The average Bonchev–Trinajstić information content (AvgIpc) is 2.80. The summed E-state index contributed by atoms with van der Waals surface area (Å²) in [5.41, 5.74) is 0. The molecule has 0 saturated heterocycles. The van der Waals surface area contributed by atoms with Gasteiger partial charge in [0.15, 0.2) is 29.5 Å². The van der Waals surface area contributed by atoms with Gasteiger partial charge in [0.1, 0.15) is 0 Å². The van der Waals surface area contributed by atoms with Crippen LogP contribution in [0.15, 0.2) is 0 Å². The third kappa shape index (κ3) is 33.2. The highest BCUT2D eigenvalue weighted by Crippen LogP contribution is 2.23. The lowest BCUT2D eigenvalue weighted by Gasteiger charge is -2.28. The van der Waals surface area contributed by atoms with E-state index in [9.17, 15) is 0 Å². The molecule has 0 rings (SSSR count). The smallest absolute Gasteiger partial charge is 0.350 e. The summed E-state index contributed by atoms with van der Waals surface area (Å²) < 4.78 is 25.6. The van der Waals surface area contributed by atoms with Gasteiger partial charge in [0.25, 0.3) is 0 Å². The predicted octanol–water partition coefficient (Wildman–Crippen LogP) is 10.2. The number of hydrogen-bond acceptors (Lipinski definition) is 8. The molecule has 0 N–H and O–H groups in total. The Morgan fingerprint density at radius 3 is 0.732 bits per heavy atom. The van der Waals surface area contributed by atoms with Gasteiger partial charge < -0.3 is 17.7 Å². The van der Waals surface area contributed by atoms with E-state index in [0.717, 1.165) is 70.2 Å². The minimum atomic E-state index is -3.31. The lowest BCUT2D eigenvalue weighted by Crippen LogP contribution is -2.51. The normalized spacial score (nSPS) is 13.8. The standard InChI is InChI=1S/C24H56Cl4O4S4Si5/c1-37(2,25)21-17-33-13-9-29-41(30-10-14-34-18-22-38(3,4)26,31-11-15-35-19-23-39(5,6)27)32-12-16-36-20-24-40(7,8)28/h9-24H2,1-8H3. The van der Waals surface area contributed by atoms with E-state index in [1.807, 2.05) is 47.0 Å². The Hall–Kier alpha value is 3.48.